The van der Waals surface area contributed by atoms with Gasteiger partial charge in [-0.25, -0.2) is 0 Å². The molecule has 0 radical (unpaired) electrons. The minimum atomic E-state index is 0.0116. The molecule has 0 aliphatic carbocycles. The third-order valence-corrected chi connectivity index (χ3v) is 4.49. The molecular formula is C19H19N3O2S. The maximum Gasteiger partial charge on any atom is 0.286 e. The minimum Gasteiger partial charge on any atom is -0.327 e. The normalized spacial score (nSPS) is 10.6. The fourth-order valence-electron chi connectivity index (χ4n) is 2.47. The Morgan fingerprint density at radius 2 is 1.96 bits per heavy atom. The Morgan fingerprint density at radius 1 is 1.16 bits per heavy atom. The van der Waals surface area contributed by atoms with Crippen molar-refractivity contribution in [2.75, 3.05) is 17.2 Å². The van der Waals surface area contributed by atoms with E-state index in [0.717, 1.165) is 16.8 Å². The van der Waals surface area contributed by atoms with Gasteiger partial charge in [-0.1, -0.05) is 59.4 Å². The fraction of sp³-hybridized carbons (Fsp3) is 0.211. The molecule has 1 aromatic heterocycles. The largest absolute Gasteiger partial charge is 0.327 e. The molecule has 0 bridgehead atoms. The number of hydrogen-bond donors (Lipinski definition) is 0. The number of nitrogens with zero attached hydrogens (tertiary/aromatic N) is 3. The topological polar surface area (TPSA) is 59.2 Å². The van der Waals surface area contributed by atoms with Crippen LogP contribution in [0.15, 0.2) is 64.3 Å². The average Bonchev–Trinajstić information content (AvgIpc) is 3.10. The summed E-state index contributed by atoms with van der Waals surface area (Å²) in [5, 5.41) is 4.36. The van der Waals surface area contributed by atoms with Crippen LogP contribution in [0.4, 0.5) is 5.69 Å². The third kappa shape index (κ3) is 4.28. The molecule has 128 valence electrons. The Balaban J connectivity index is 1.65. The van der Waals surface area contributed by atoms with Crippen LogP contribution >= 0.6 is 11.8 Å². The van der Waals surface area contributed by atoms with Gasteiger partial charge in [0.2, 0.25) is 11.7 Å². The van der Waals surface area contributed by atoms with Crippen molar-refractivity contribution in [3.05, 3.63) is 60.2 Å². The molecule has 25 heavy (non-hydrogen) atoms. The monoisotopic (exact) mass is 353 g/mol. The van der Waals surface area contributed by atoms with Crippen LogP contribution in [-0.2, 0) is 4.79 Å². The highest BCUT2D eigenvalue weighted by Gasteiger charge is 2.16. The number of aromatic nitrogens is 2. The van der Waals surface area contributed by atoms with E-state index in [9.17, 15) is 4.79 Å². The van der Waals surface area contributed by atoms with E-state index in [1.54, 1.807) is 4.90 Å². The fourth-order valence-corrected chi connectivity index (χ4v) is 3.12. The summed E-state index contributed by atoms with van der Waals surface area (Å²) in [5.41, 5.74) is 2.92. The summed E-state index contributed by atoms with van der Waals surface area (Å²) in [6, 6.07) is 17.5. The zero-order valence-corrected chi connectivity index (χ0v) is 15.0. The van der Waals surface area contributed by atoms with Crippen molar-refractivity contribution < 1.29 is 9.32 Å². The molecule has 0 spiro atoms. The van der Waals surface area contributed by atoms with E-state index in [-0.39, 0.29) is 11.7 Å². The summed E-state index contributed by atoms with van der Waals surface area (Å²) in [4.78, 5) is 18.6. The molecule has 0 unspecified atom stereocenters. The first-order valence-electron chi connectivity index (χ1n) is 8.06. The number of aryl methyl sites for hydroxylation is 1. The average molecular weight is 353 g/mol. The zero-order valence-electron chi connectivity index (χ0n) is 14.2. The van der Waals surface area contributed by atoms with Crippen LogP contribution in [-0.4, -0.2) is 28.3 Å². The van der Waals surface area contributed by atoms with Gasteiger partial charge in [0.15, 0.2) is 0 Å². The molecule has 0 N–H and O–H groups in total. The Bertz CT molecular complexity index is 849. The SMILES string of the molecule is CCN(C(=O)CSc1nc(-c2ccccc2)no1)c1cccc(C)c1. The van der Waals surface area contributed by atoms with Gasteiger partial charge < -0.3 is 9.42 Å². The van der Waals surface area contributed by atoms with Crippen molar-refractivity contribution in [1.29, 1.82) is 0 Å². The number of carbonyl (C=O) groups is 1. The van der Waals surface area contributed by atoms with Crippen LogP contribution in [0.1, 0.15) is 12.5 Å². The molecule has 0 saturated carbocycles. The Labute approximate surface area is 151 Å². The number of carbonyl (C=O) groups excluding carboxylic acids is 1. The molecule has 0 aliphatic heterocycles. The van der Waals surface area contributed by atoms with Crippen LogP contribution in [0.5, 0.6) is 0 Å². The predicted molar refractivity (Wildman–Crippen MR) is 99.7 cm³/mol. The van der Waals surface area contributed by atoms with Crippen molar-refractivity contribution >= 4 is 23.4 Å². The van der Waals surface area contributed by atoms with E-state index >= 15 is 0 Å². The second-order valence-electron chi connectivity index (χ2n) is 5.52. The van der Waals surface area contributed by atoms with E-state index in [1.165, 1.54) is 11.8 Å². The van der Waals surface area contributed by atoms with Crippen molar-refractivity contribution in [2.45, 2.75) is 19.1 Å². The lowest BCUT2D eigenvalue weighted by Gasteiger charge is -2.21. The van der Waals surface area contributed by atoms with Crippen LogP contribution < -0.4 is 4.90 Å². The van der Waals surface area contributed by atoms with Gasteiger partial charge in [-0.3, -0.25) is 4.79 Å². The molecule has 6 heteroatoms. The molecule has 2 aromatic carbocycles. The van der Waals surface area contributed by atoms with E-state index in [0.29, 0.717) is 17.6 Å². The summed E-state index contributed by atoms with van der Waals surface area (Å²) in [6.07, 6.45) is 0. The van der Waals surface area contributed by atoms with Crippen molar-refractivity contribution in [1.82, 2.24) is 10.1 Å². The lowest BCUT2D eigenvalue weighted by Crippen LogP contribution is -2.32. The standard InChI is InChI=1S/C19H19N3O2S/c1-3-22(16-11-7-8-14(2)12-16)17(23)13-25-19-20-18(21-24-19)15-9-5-4-6-10-15/h4-12H,3,13H2,1-2H3. The third-order valence-electron chi connectivity index (χ3n) is 3.69. The maximum absolute atomic E-state index is 12.6. The first-order chi connectivity index (χ1) is 12.2. The predicted octanol–water partition coefficient (Wildman–Crippen LogP) is 4.19. The molecule has 3 rings (SSSR count). The molecule has 0 atom stereocenters. The van der Waals surface area contributed by atoms with Crippen LogP contribution in [0, 0.1) is 6.92 Å². The highest BCUT2D eigenvalue weighted by Crippen LogP contribution is 2.23. The van der Waals surface area contributed by atoms with Crippen molar-refractivity contribution in [3.8, 4) is 11.4 Å². The summed E-state index contributed by atoms with van der Waals surface area (Å²) < 4.78 is 5.24. The molecule has 5 nitrogen and oxygen atoms in total. The Hall–Kier alpha value is -2.60. The second kappa shape index (κ2) is 7.98. The smallest absolute Gasteiger partial charge is 0.286 e. The van der Waals surface area contributed by atoms with Gasteiger partial charge in [-0.15, -0.1) is 0 Å². The van der Waals surface area contributed by atoms with Gasteiger partial charge in [-0.2, -0.15) is 4.98 Å². The first-order valence-corrected chi connectivity index (χ1v) is 9.05. The highest BCUT2D eigenvalue weighted by molar-refractivity contribution is 7.99. The summed E-state index contributed by atoms with van der Waals surface area (Å²) in [6.45, 7) is 4.59. The van der Waals surface area contributed by atoms with E-state index in [4.69, 9.17) is 4.52 Å². The Kier molecular flexibility index (Phi) is 5.50. The Morgan fingerprint density at radius 3 is 2.68 bits per heavy atom. The lowest BCUT2D eigenvalue weighted by molar-refractivity contribution is -0.116. The van der Waals surface area contributed by atoms with Crippen molar-refractivity contribution in [3.63, 3.8) is 0 Å². The molecule has 0 saturated heterocycles. The molecule has 3 aromatic rings. The number of thioether (sulfide) groups is 1. The van der Waals surface area contributed by atoms with Crippen LogP contribution in [0.2, 0.25) is 0 Å². The van der Waals surface area contributed by atoms with Gasteiger partial charge >= 0.3 is 0 Å². The molecule has 0 fully saturated rings. The van der Waals surface area contributed by atoms with Gasteiger partial charge in [-0.05, 0) is 31.5 Å². The number of hydrogen-bond acceptors (Lipinski definition) is 5. The number of rotatable bonds is 6. The van der Waals surface area contributed by atoms with E-state index < -0.39 is 0 Å². The zero-order chi connectivity index (χ0) is 17.6. The van der Waals surface area contributed by atoms with Crippen molar-refractivity contribution in [2.24, 2.45) is 0 Å². The quantitative estimate of drug-likeness (QED) is 0.622. The minimum absolute atomic E-state index is 0.0116. The number of anilines is 1. The summed E-state index contributed by atoms with van der Waals surface area (Å²) in [5.74, 6) is 0.789. The molecular weight excluding hydrogens is 334 g/mol. The highest BCUT2D eigenvalue weighted by atomic mass is 32.2. The van der Waals surface area contributed by atoms with Gasteiger partial charge in [0.25, 0.3) is 5.22 Å². The van der Waals surface area contributed by atoms with Gasteiger partial charge in [0.1, 0.15) is 0 Å². The number of benzene rings is 2. The molecule has 0 aliphatic rings. The lowest BCUT2D eigenvalue weighted by atomic mass is 10.2. The summed E-state index contributed by atoms with van der Waals surface area (Å²) >= 11 is 1.26. The molecule has 1 heterocycles. The summed E-state index contributed by atoms with van der Waals surface area (Å²) in [7, 11) is 0. The maximum atomic E-state index is 12.6. The molecule has 1 amide bonds. The first kappa shape index (κ1) is 17.2. The van der Waals surface area contributed by atoms with Gasteiger partial charge in [0, 0.05) is 17.8 Å². The van der Waals surface area contributed by atoms with Gasteiger partial charge in [0.05, 0.1) is 5.75 Å². The second-order valence-corrected chi connectivity index (χ2v) is 6.44. The van der Waals surface area contributed by atoms with Crippen LogP contribution in [0.25, 0.3) is 11.4 Å². The number of amides is 1. The van der Waals surface area contributed by atoms with E-state index in [2.05, 4.69) is 10.1 Å². The van der Waals surface area contributed by atoms with Crippen LogP contribution in [0.3, 0.4) is 0 Å². The van der Waals surface area contributed by atoms with E-state index in [1.807, 2.05) is 68.4 Å².